The lowest BCUT2D eigenvalue weighted by molar-refractivity contribution is 0.753. The van der Waals surface area contributed by atoms with Crippen molar-refractivity contribution in [2.45, 2.75) is 13.5 Å². The van der Waals surface area contributed by atoms with E-state index < -0.39 is 0 Å². The minimum absolute atomic E-state index is 0. The van der Waals surface area contributed by atoms with Gasteiger partial charge in [0.1, 0.15) is 12.1 Å². The molecule has 2 aromatic carbocycles. The monoisotopic (exact) mass is 341 g/mol. The number of rotatable bonds is 3. The average Bonchev–Trinajstić information content (AvgIpc) is 2.88. The van der Waals surface area contributed by atoms with Gasteiger partial charge in [0.05, 0.1) is 16.6 Å². The van der Waals surface area contributed by atoms with Crippen LogP contribution < -0.4 is 11.0 Å². The lowest BCUT2D eigenvalue weighted by Crippen LogP contribution is -2.14. The van der Waals surface area contributed by atoms with Gasteiger partial charge in [-0.2, -0.15) is 0 Å². The van der Waals surface area contributed by atoms with Crippen molar-refractivity contribution < 1.29 is 0 Å². The van der Waals surface area contributed by atoms with Gasteiger partial charge in [0, 0.05) is 17.6 Å². The maximum Gasteiger partial charge on any atom is 0.326 e. The molecule has 2 N–H and O–H groups in total. The number of hydrogen-bond donors (Lipinski definition) is 2. The van der Waals surface area contributed by atoms with Crippen molar-refractivity contribution in [3.05, 3.63) is 59.3 Å². The summed E-state index contributed by atoms with van der Waals surface area (Å²) in [5.41, 5.74) is 3.28. The predicted molar refractivity (Wildman–Crippen MR) is 98.3 cm³/mol. The lowest BCUT2D eigenvalue weighted by atomic mass is 10.2. The molecule has 2 aromatic heterocycles. The van der Waals surface area contributed by atoms with Crippen LogP contribution in [0.4, 0.5) is 11.5 Å². The Morgan fingerprint density at radius 1 is 1.17 bits per heavy atom. The fourth-order valence-corrected chi connectivity index (χ4v) is 2.78. The van der Waals surface area contributed by atoms with Gasteiger partial charge in [-0.05, 0) is 31.2 Å². The summed E-state index contributed by atoms with van der Waals surface area (Å²) < 4.78 is 1.70. The number of nitrogens with one attached hydrogen (secondary N) is 2. The summed E-state index contributed by atoms with van der Waals surface area (Å²) in [6.07, 6.45) is 1.53. The van der Waals surface area contributed by atoms with E-state index in [2.05, 4.69) is 20.3 Å². The second-order valence-corrected chi connectivity index (χ2v) is 5.27. The Labute approximate surface area is 144 Å². The molecule has 4 aromatic rings. The molecule has 0 saturated carbocycles. The van der Waals surface area contributed by atoms with Gasteiger partial charge in [0.15, 0.2) is 0 Å². The molecule has 6 nitrogen and oxygen atoms in total. The van der Waals surface area contributed by atoms with Gasteiger partial charge in [0.25, 0.3) is 0 Å². The molecule has 0 fully saturated rings. The van der Waals surface area contributed by atoms with Crippen molar-refractivity contribution in [1.29, 1.82) is 0 Å². The molecule has 0 amide bonds. The number of hydrogen-bond acceptors (Lipinski definition) is 4. The summed E-state index contributed by atoms with van der Waals surface area (Å²) >= 11 is 0. The number of benzene rings is 2. The Kier molecular flexibility index (Phi) is 4.22. The fourth-order valence-electron chi connectivity index (χ4n) is 2.78. The number of H-pyrrole nitrogens is 1. The maximum atomic E-state index is 12.0. The van der Waals surface area contributed by atoms with Crippen LogP contribution in [-0.4, -0.2) is 19.5 Å². The molecular formula is C17H16ClN5O. The highest BCUT2D eigenvalue weighted by molar-refractivity contribution is 5.99. The number of aromatic nitrogens is 4. The van der Waals surface area contributed by atoms with Crippen molar-refractivity contribution in [3.8, 4) is 0 Å². The van der Waals surface area contributed by atoms with E-state index in [1.54, 1.807) is 4.57 Å². The average molecular weight is 342 g/mol. The van der Waals surface area contributed by atoms with Gasteiger partial charge < -0.3 is 10.3 Å². The van der Waals surface area contributed by atoms with E-state index in [0.29, 0.717) is 12.4 Å². The third kappa shape index (κ3) is 2.61. The first-order valence-corrected chi connectivity index (χ1v) is 7.45. The number of imidazole rings is 1. The van der Waals surface area contributed by atoms with Crippen LogP contribution >= 0.6 is 12.4 Å². The maximum absolute atomic E-state index is 12.0. The second-order valence-electron chi connectivity index (χ2n) is 5.27. The summed E-state index contributed by atoms with van der Waals surface area (Å²) in [4.78, 5) is 23.5. The smallest absolute Gasteiger partial charge is 0.326 e. The molecular weight excluding hydrogens is 326 g/mol. The highest BCUT2D eigenvalue weighted by Crippen LogP contribution is 2.26. The van der Waals surface area contributed by atoms with Crippen molar-refractivity contribution in [1.82, 2.24) is 19.5 Å². The topological polar surface area (TPSA) is 75.6 Å². The Morgan fingerprint density at radius 3 is 2.71 bits per heavy atom. The van der Waals surface area contributed by atoms with Crippen LogP contribution in [0.5, 0.6) is 0 Å². The lowest BCUT2D eigenvalue weighted by Gasteiger charge is -2.08. The first-order chi connectivity index (χ1) is 11.3. The largest absolute Gasteiger partial charge is 0.340 e. The van der Waals surface area contributed by atoms with Crippen molar-refractivity contribution in [3.63, 3.8) is 0 Å². The van der Waals surface area contributed by atoms with Crippen molar-refractivity contribution in [2.75, 3.05) is 5.32 Å². The van der Waals surface area contributed by atoms with E-state index in [9.17, 15) is 4.79 Å². The molecule has 0 aliphatic rings. The summed E-state index contributed by atoms with van der Waals surface area (Å²) in [6, 6.07) is 13.7. The van der Waals surface area contributed by atoms with E-state index >= 15 is 0 Å². The van der Waals surface area contributed by atoms with Gasteiger partial charge >= 0.3 is 5.69 Å². The van der Waals surface area contributed by atoms with Crippen LogP contribution in [0.1, 0.15) is 6.92 Å². The standard InChI is InChI=1S/C17H15N5O.ClH/c1-2-22-15-9-13-12(8-14(15)21-17(22)23)16(19-10-18-13)20-11-6-4-3-5-7-11;/h3-10H,2H2,1H3,(H,21,23)(H,18,19,20);1H. The molecule has 0 atom stereocenters. The van der Waals surface area contributed by atoms with E-state index in [4.69, 9.17) is 0 Å². The van der Waals surface area contributed by atoms with Crippen LogP contribution in [-0.2, 0) is 6.54 Å². The molecule has 0 radical (unpaired) electrons. The van der Waals surface area contributed by atoms with Gasteiger partial charge in [-0.25, -0.2) is 14.8 Å². The summed E-state index contributed by atoms with van der Waals surface area (Å²) in [7, 11) is 0. The minimum Gasteiger partial charge on any atom is -0.340 e. The summed E-state index contributed by atoms with van der Waals surface area (Å²) in [5.74, 6) is 0.716. The molecule has 0 unspecified atom stereocenters. The van der Waals surface area contributed by atoms with E-state index in [1.807, 2.05) is 49.4 Å². The SMILES string of the molecule is CCn1c(=O)[nH]c2cc3c(Nc4ccccc4)ncnc3cc21.Cl. The Balaban J connectivity index is 0.00000169. The molecule has 0 saturated heterocycles. The third-order valence-corrected chi connectivity index (χ3v) is 3.88. The predicted octanol–water partition coefficient (Wildman–Crippen LogP) is 3.46. The molecule has 0 bridgehead atoms. The van der Waals surface area contributed by atoms with Crippen LogP contribution in [0.3, 0.4) is 0 Å². The molecule has 2 heterocycles. The number of para-hydroxylation sites is 1. The summed E-state index contributed by atoms with van der Waals surface area (Å²) in [5, 5.41) is 4.17. The Morgan fingerprint density at radius 2 is 1.96 bits per heavy atom. The van der Waals surface area contributed by atoms with E-state index in [0.717, 1.165) is 27.6 Å². The summed E-state index contributed by atoms with van der Waals surface area (Å²) in [6.45, 7) is 2.56. The number of aromatic amines is 1. The molecule has 7 heteroatoms. The number of nitrogens with zero attached hydrogens (tertiary/aromatic N) is 3. The van der Waals surface area contributed by atoms with Crippen molar-refractivity contribution in [2.24, 2.45) is 0 Å². The zero-order chi connectivity index (χ0) is 15.8. The highest BCUT2D eigenvalue weighted by atomic mass is 35.5. The van der Waals surface area contributed by atoms with Gasteiger partial charge in [-0.1, -0.05) is 18.2 Å². The van der Waals surface area contributed by atoms with E-state index in [1.165, 1.54) is 6.33 Å². The molecule has 0 spiro atoms. The first-order valence-electron chi connectivity index (χ1n) is 7.45. The zero-order valence-electron chi connectivity index (χ0n) is 13.0. The zero-order valence-corrected chi connectivity index (χ0v) is 13.8. The number of halogens is 1. The van der Waals surface area contributed by atoms with Crippen LogP contribution in [0.2, 0.25) is 0 Å². The first kappa shape index (κ1) is 16.0. The quantitative estimate of drug-likeness (QED) is 0.598. The van der Waals surface area contributed by atoms with Gasteiger partial charge in [-0.3, -0.25) is 4.57 Å². The molecule has 24 heavy (non-hydrogen) atoms. The Hall–Kier alpha value is -2.86. The van der Waals surface area contributed by atoms with Crippen LogP contribution in [0, 0.1) is 0 Å². The van der Waals surface area contributed by atoms with Gasteiger partial charge in [0.2, 0.25) is 0 Å². The fraction of sp³-hybridized carbons (Fsp3) is 0.118. The normalized spacial score (nSPS) is 10.7. The van der Waals surface area contributed by atoms with Crippen molar-refractivity contribution >= 4 is 45.8 Å². The molecule has 122 valence electrons. The van der Waals surface area contributed by atoms with E-state index in [-0.39, 0.29) is 18.1 Å². The van der Waals surface area contributed by atoms with Gasteiger partial charge in [-0.15, -0.1) is 12.4 Å². The third-order valence-electron chi connectivity index (χ3n) is 3.88. The second kappa shape index (κ2) is 6.33. The Bertz CT molecular complexity index is 1060. The number of anilines is 2. The molecule has 0 aliphatic carbocycles. The molecule has 0 aliphatic heterocycles. The van der Waals surface area contributed by atoms with Crippen LogP contribution in [0.25, 0.3) is 21.9 Å². The van der Waals surface area contributed by atoms with Crippen LogP contribution in [0.15, 0.2) is 53.6 Å². The number of fused-ring (bicyclic) bond motifs is 2. The number of aryl methyl sites for hydroxylation is 1. The molecule has 4 rings (SSSR count). The minimum atomic E-state index is -0.108. The highest BCUT2D eigenvalue weighted by Gasteiger charge is 2.10.